The maximum absolute atomic E-state index is 12.6. The van der Waals surface area contributed by atoms with Crippen molar-refractivity contribution in [2.45, 2.75) is 38.1 Å². The second-order valence-corrected chi connectivity index (χ2v) is 5.96. The van der Waals surface area contributed by atoms with E-state index < -0.39 is 23.6 Å². The molecule has 2 atom stereocenters. The van der Waals surface area contributed by atoms with Gasteiger partial charge in [0.25, 0.3) is 18.0 Å². The molecule has 6 nitrogen and oxygen atoms in total. The molecule has 1 aromatic carbocycles. The summed E-state index contributed by atoms with van der Waals surface area (Å²) in [5.41, 5.74) is -0.850. The number of carbonyl (C=O) groups is 2. The van der Waals surface area contributed by atoms with Crippen molar-refractivity contribution < 1.29 is 14.3 Å². The third kappa shape index (κ3) is 2.14. The first-order valence-corrected chi connectivity index (χ1v) is 7.23. The largest absolute Gasteiger partial charge is 0.475 e. The van der Waals surface area contributed by atoms with Gasteiger partial charge in [-0.1, -0.05) is 12.1 Å². The number of ether oxygens (including phenoxy) is 1. The minimum atomic E-state index is -1.19. The fraction of sp³-hybridized carbons (Fsp3) is 0.438. The highest BCUT2D eigenvalue weighted by molar-refractivity contribution is 6.10. The van der Waals surface area contributed by atoms with E-state index >= 15 is 0 Å². The van der Waals surface area contributed by atoms with Gasteiger partial charge in [-0.25, -0.2) is 11.5 Å². The smallest absolute Gasteiger partial charge is 0.284 e. The third-order valence-corrected chi connectivity index (χ3v) is 4.22. The molecule has 0 radical (unpaired) electrons. The lowest BCUT2D eigenvalue weighted by Crippen LogP contribution is -2.53. The predicted octanol–water partition coefficient (Wildman–Crippen LogP) is 1.43. The number of benzene rings is 1. The van der Waals surface area contributed by atoms with Gasteiger partial charge in [0.1, 0.15) is 5.75 Å². The Kier molecular flexibility index (Phi) is 3.38. The molecule has 2 amide bonds. The molecule has 0 aromatic heterocycles. The monoisotopic (exact) mass is 299 g/mol. The van der Waals surface area contributed by atoms with E-state index in [-0.39, 0.29) is 12.5 Å². The van der Waals surface area contributed by atoms with Crippen LogP contribution in [0.5, 0.6) is 5.75 Å². The fourth-order valence-electron chi connectivity index (χ4n) is 3.05. The van der Waals surface area contributed by atoms with E-state index in [4.69, 9.17) is 11.3 Å². The lowest BCUT2D eigenvalue weighted by molar-refractivity contribution is -0.134. The van der Waals surface area contributed by atoms with E-state index in [0.29, 0.717) is 17.9 Å². The lowest BCUT2D eigenvalue weighted by atomic mass is 10.0. The summed E-state index contributed by atoms with van der Waals surface area (Å²) in [5, 5.41) is 2.40. The van der Waals surface area contributed by atoms with Crippen molar-refractivity contribution in [2.24, 2.45) is 0 Å². The van der Waals surface area contributed by atoms with E-state index in [1.165, 1.54) is 0 Å². The van der Waals surface area contributed by atoms with Crippen molar-refractivity contribution >= 4 is 11.8 Å². The Labute approximate surface area is 128 Å². The molecular formula is C16H17N3O3. The number of amides is 2. The number of para-hydroxylation sites is 1. The summed E-state index contributed by atoms with van der Waals surface area (Å²) in [4.78, 5) is 30.2. The van der Waals surface area contributed by atoms with Crippen molar-refractivity contribution in [3.8, 4) is 5.75 Å². The van der Waals surface area contributed by atoms with Crippen LogP contribution in [0, 0.1) is 6.57 Å². The van der Waals surface area contributed by atoms with Crippen molar-refractivity contribution in [3.63, 3.8) is 0 Å². The van der Waals surface area contributed by atoms with Gasteiger partial charge in [-0.3, -0.25) is 19.8 Å². The first-order chi connectivity index (χ1) is 10.5. The second-order valence-electron chi connectivity index (χ2n) is 5.96. The second kappa shape index (κ2) is 5.11. The van der Waals surface area contributed by atoms with Gasteiger partial charge < -0.3 is 4.74 Å². The van der Waals surface area contributed by atoms with Crippen molar-refractivity contribution in [1.82, 2.24) is 10.2 Å². The minimum Gasteiger partial charge on any atom is -0.475 e. The summed E-state index contributed by atoms with van der Waals surface area (Å²) in [6, 6.07) is 6.90. The van der Waals surface area contributed by atoms with Gasteiger partial charge >= 0.3 is 0 Å². The first kappa shape index (κ1) is 14.5. The van der Waals surface area contributed by atoms with E-state index in [1.807, 2.05) is 18.7 Å². The molecule has 6 heteroatoms. The average Bonchev–Trinajstić information content (AvgIpc) is 2.83. The molecule has 1 aromatic rings. The van der Waals surface area contributed by atoms with Gasteiger partial charge in [0.2, 0.25) is 5.60 Å². The van der Waals surface area contributed by atoms with E-state index in [2.05, 4.69) is 10.2 Å². The average molecular weight is 299 g/mol. The van der Waals surface area contributed by atoms with Crippen molar-refractivity contribution in [3.05, 3.63) is 41.2 Å². The van der Waals surface area contributed by atoms with Crippen molar-refractivity contribution in [1.29, 1.82) is 0 Å². The molecule has 0 bridgehead atoms. The highest BCUT2D eigenvalue weighted by Crippen LogP contribution is 2.37. The van der Waals surface area contributed by atoms with Gasteiger partial charge in [-0.15, -0.1) is 0 Å². The molecule has 2 aliphatic heterocycles. The van der Waals surface area contributed by atoms with Crippen LogP contribution in [0.4, 0.5) is 0 Å². The lowest BCUT2D eigenvalue weighted by Gasteiger charge is -2.27. The van der Waals surface area contributed by atoms with Crippen LogP contribution in [-0.4, -0.2) is 41.1 Å². The fourth-order valence-corrected chi connectivity index (χ4v) is 3.05. The summed E-state index contributed by atoms with van der Waals surface area (Å²) < 4.78 is 5.98. The number of imide groups is 1. The Hall–Kier alpha value is -2.39. The zero-order valence-electron chi connectivity index (χ0n) is 12.5. The van der Waals surface area contributed by atoms with Crippen LogP contribution >= 0.6 is 0 Å². The standard InChI is InChI=1S/C16H17N3O3/c1-10(2)19-9-16(8-13(19)17-3)15(21)18-14(20)11-6-4-5-7-12(11)22-16/h4-7,10,13H,8-9H2,1-2H3,(H,18,20,21)/t13-,16+/m0/s1. The number of fused-ring (bicyclic) bond motifs is 1. The quantitative estimate of drug-likeness (QED) is 0.629. The molecular weight excluding hydrogens is 282 g/mol. The summed E-state index contributed by atoms with van der Waals surface area (Å²) in [5.74, 6) is -0.537. The Morgan fingerprint density at radius 2 is 2.14 bits per heavy atom. The van der Waals surface area contributed by atoms with Crippen LogP contribution < -0.4 is 10.1 Å². The van der Waals surface area contributed by atoms with Gasteiger partial charge in [-0.2, -0.15) is 0 Å². The summed E-state index contributed by atoms with van der Waals surface area (Å²) in [7, 11) is 0. The van der Waals surface area contributed by atoms with Crippen LogP contribution in [0.3, 0.4) is 0 Å². The molecule has 2 aliphatic rings. The van der Waals surface area contributed by atoms with E-state index in [0.717, 1.165) is 0 Å². The number of nitrogens with one attached hydrogen (secondary N) is 1. The number of hydrogen-bond donors (Lipinski definition) is 1. The molecule has 2 heterocycles. The normalized spacial score (nSPS) is 28.0. The highest BCUT2D eigenvalue weighted by Gasteiger charge is 2.57. The number of hydrogen-bond acceptors (Lipinski definition) is 4. The molecule has 0 saturated carbocycles. The minimum absolute atomic E-state index is 0.115. The van der Waals surface area contributed by atoms with Crippen LogP contribution in [0.1, 0.15) is 30.6 Å². The van der Waals surface area contributed by atoms with Gasteiger partial charge in [-0.05, 0) is 26.0 Å². The number of likely N-dealkylation sites (tertiary alicyclic amines) is 1. The SMILES string of the molecule is [C-]#[N+][C@@H]1C[C@]2(CN1C(C)C)Oc1ccccc1C(=O)NC2=O. The maximum atomic E-state index is 12.6. The topological polar surface area (TPSA) is 63.0 Å². The molecule has 0 unspecified atom stereocenters. The predicted molar refractivity (Wildman–Crippen MR) is 79.1 cm³/mol. The van der Waals surface area contributed by atoms with E-state index in [9.17, 15) is 9.59 Å². The molecule has 1 N–H and O–H groups in total. The Morgan fingerprint density at radius 3 is 2.77 bits per heavy atom. The summed E-state index contributed by atoms with van der Waals surface area (Å²) in [6.45, 7) is 11.6. The van der Waals surface area contributed by atoms with Crippen LogP contribution in [0.25, 0.3) is 4.85 Å². The zero-order valence-corrected chi connectivity index (χ0v) is 12.5. The van der Waals surface area contributed by atoms with E-state index in [1.54, 1.807) is 24.3 Å². The molecule has 1 spiro atoms. The molecule has 114 valence electrons. The van der Waals surface area contributed by atoms with Crippen molar-refractivity contribution in [2.75, 3.05) is 6.54 Å². The van der Waals surface area contributed by atoms with Crippen LogP contribution in [-0.2, 0) is 4.79 Å². The maximum Gasteiger partial charge on any atom is 0.284 e. The number of carbonyl (C=O) groups excluding carboxylic acids is 2. The summed E-state index contributed by atoms with van der Waals surface area (Å²) >= 11 is 0. The van der Waals surface area contributed by atoms with Crippen LogP contribution in [0.15, 0.2) is 24.3 Å². The number of rotatable bonds is 1. The molecule has 1 saturated heterocycles. The summed E-state index contributed by atoms with van der Waals surface area (Å²) in [6.07, 6.45) is -0.173. The van der Waals surface area contributed by atoms with Crippen LogP contribution in [0.2, 0.25) is 0 Å². The third-order valence-electron chi connectivity index (χ3n) is 4.22. The first-order valence-electron chi connectivity index (χ1n) is 7.23. The highest BCUT2D eigenvalue weighted by atomic mass is 16.5. The zero-order chi connectivity index (χ0) is 15.9. The Balaban J connectivity index is 2.03. The van der Waals surface area contributed by atoms with Gasteiger partial charge in [0, 0.05) is 6.04 Å². The molecule has 3 rings (SSSR count). The van der Waals surface area contributed by atoms with Gasteiger partial charge in [0.05, 0.1) is 18.5 Å². The number of nitrogens with zero attached hydrogens (tertiary/aromatic N) is 2. The van der Waals surface area contributed by atoms with Gasteiger partial charge in [0.15, 0.2) is 0 Å². The molecule has 22 heavy (non-hydrogen) atoms. The molecule has 0 aliphatic carbocycles. The molecule has 1 fully saturated rings. The Morgan fingerprint density at radius 1 is 1.41 bits per heavy atom. The Bertz CT molecular complexity index is 679.